The molecule has 28 heavy (non-hydrogen) atoms. The van der Waals surface area contributed by atoms with Crippen LogP contribution in [0.1, 0.15) is 15.9 Å². The Hall–Kier alpha value is -3.54. The van der Waals surface area contributed by atoms with Crippen molar-refractivity contribution in [3.05, 3.63) is 70.1 Å². The van der Waals surface area contributed by atoms with Crippen molar-refractivity contribution >= 4 is 28.5 Å². The maximum Gasteiger partial charge on any atom is 0.347 e. The standard InChI is InChI=1S/C22H21NO5/c1-23(2)15-8-5-14(6-9-15)7-10-19(24)17-13-18-20(27-4)11-16(26-3)12-21(18)28-22(17)25/h5-13H,1-4H3. The Morgan fingerprint density at radius 3 is 2.36 bits per heavy atom. The third kappa shape index (κ3) is 3.91. The van der Waals surface area contributed by atoms with Crippen LogP contribution in [0.2, 0.25) is 0 Å². The second-order valence-corrected chi connectivity index (χ2v) is 6.37. The summed E-state index contributed by atoms with van der Waals surface area (Å²) < 4.78 is 15.8. The molecule has 0 radical (unpaired) electrons. The quantitative estimate of drug-likeness (QED) is 0.369. The van der Waals surface area contributed by atoms with Gasteiger partial charge < -0.3 is 18.8 Å². The van der Waals surface area contributed by atoms with Gasteiger partial charge in [-0.25, -0.2) is 4.79 Å². The summed E-state index contributed by atoms with van der Waals surface area (Å²) in [6, 6.07) is 12.4. The molecule has 0 N–H and O–H groups in total. The van der Waals surface area contributed by atoms with E-state index in [0.717, 1.165) is 11.3 Å². The Balaban J connectivity index is 1.94. The molecule has 0 saturated carbocycles. The number of hydrogen-bond acceptors (Lipinski definition) is 6. The zero-order valence-electron chi connectivity index (χ0n) is 16.2. The predicted octanol–water partition coefficient (Wildman–Crippen LogP) is 3.77. The summed E-state index contributed by atoms with van der Waals surface area (Å²) in [5.41, 5.74) is 1.44. The fraction of sp³-hybridized carbons (Fsp3) is 0.182. The van der Waals surface area contributed by atoms with Gasteiger partial charge in [-0.15, -0.1) is 0 Å². The molecular weight excluding hydrogens is 358 g/mol. The highest BCUT2D eigenvalue weighted by Gasteiger charge is 2.15. The first kappa shape index (κ1) is 19.2. The number of benzene rings is 2. The van der Waals surface area contributed by atoms with E-state index in [0.29, 0.717) is 22.5 Å². The summed E-state index contributed by atoms with van der Waals surface area (Å²) in [4.78, 5) is 26.8. The van der Waals surface area contributed by atoms with Crippen molar-refractivity contribution in [2.45, 2.75) is 0 Å². The van der Waals surface area contributed by atoms with E-state index < -0.39 is 11.4 Å². The van der Waals surface area contributed by atoms with E-state index in [2.05, 4.69) is 0 Å². The minimum Gasteiger partial charge on any atom is -0.496 e. The number of anilines is 1. The van der Waals surface area contributed by atoms with Crippen LogP contribution < -0.4 is 20.0 Å². The molecular formula is C22H21NO5. The average Bonchev–Trinajstić information content (AvgIpc) is 2.70. The summed E-state index contributed by atoms with van der Waals surface area (Å²) in [6.45, 7) is 0. The number of methoxy groups -OCH3 is 2. The monoisotopic (exact) mass is 379 g/mol. The molecule has 0 aliphatic heterocycles. The molecule has 2 aromatic carbocycles. The van der Waals surface area contributed by atoms with Crippen molar-refractivity contribution in [2.24, 2.45) is 0 Å². The van der Waals surface area contributed by atoms with Gasteiger partial charge in [-0.3, -0.25) is 4.79 Å². The second-order valence-electron chi connectivity index (χ2n) is 6.37. The first-order valence-corrected chi connectivity index (χ1v) is 8.62. The van der Waals surface area contributed by atoms with Crippen LogP contribution in [0.25, 0.3) is 17.0 Å². The Bertz CT molecular complexity index is 1090. The van der Waals surface area contributed by atoms with Crippen molar-refractivity contribution in [1.82, 2.24) is 0 Å². The third-order valence-corrected chi connectivity index (χ3v) is 4.35. The van der Waals surface area contributed by atoms with Gasteiger partial charge in [0.05, 0.1) is 19.6 Å². The molecule has 1 heterocycles. The molecule has 0 atom stereocenters. The smallest absolute Gasteiger partial charge is 0.347 e. The number of fused-ring (bicyclic) bond motifs is 1. The fourth-order valence-corrected chi connectivity index (χ4v) is 2.77. The van der Waals surface area contributed by atoms with E-state index in [4.69, 9.17) is 13.9 Å². The van der Waals surface area contributed by atoms with E-state index in [9.17, 15) is 9.59 Å². The summed E-state index contributed by atoms with van der Waals surface area (Å²) in [5, 5.41) is 0.523. The van der Waals surface area contributed by atoms with Gasteiger partial charge in [0.2, 0.25) is 0 Å². The summed E-state index contributed by atoms with van der Waals surface area (Å²) >= 11 is 0. The van der Waals surface area contributed by atoms with Gasteiger partial charge in [-0.1, -0.05) is 18.2 Å². The topological polar surface area (TPSA) is 69.0 Å². The van der Waals surface area contributed by atoms with Crippen molar-refractivity contribution in [2.75, 3.05) is 33.2 Å². The van der Waals surface area contributed by atoms with E-state index in [-0.39, 0.29) is 5.56 Å². The van der Waals surface area contributed by atoms with Gasteiger partial charge in [0.25, 0.3) is 0 Å². The van der Waals surface area contributed by atoms with Crippen molar-refractivity contribution in [1.29, 1.82) is 0 Å². The van der Waals surface area contributed by atoms with Gasteiger partial charge in [0.15, 0.2) is 5.78 Å². The van der Waals surface area contributed by atoms with Gasteiger partial charge in [0.1, 0.15) is 22.6 Å². The van der Waals surface area contributed by atoms with Gasteiger partial charge in [-0.2, -0.15) is 0 Å². The van der Waals surface area contributed by atoms with Crippen molar-refractivity contribution in [3.8, 4) is 11.5 Å². The zero-order chi connectivity index (χ0) is 20.3. The number of ether oxygens (including phenoxy) is 2. The van der Waals surface area contributed by atoms with E-state index >= 15 is 0 Å². The zero-order valence-corrected chi connectivity index (χ0v) is 16.2. The van der Waals surface area contributed by atoms with Crippen LogP contribution >= 0.6 is 0 Å². The number of ketones is 1. The van der Waals surface area contributed by atoms with Crippen LogP contribution in [0.3, 0.4) is 0 Å². The number of nitrogens with zero attached hydrogens (tertiary/aromatic N) is 1. The Morgan fingerprint density at radius 1 is 1.04 bits per heavy atom. The van der Waals surface area contributed by atoms with E-state index in [1.54, 1.807) is 18.2 Å². The maximum atomic E-state index is 12.6. The lowest BCUT2D eigenvalue weighted by Gasteiger charge is -2.11. The van der Waals surface area contributed by atoms with Crippen LogP contribution in [-0.4, -0.2) is 34.1 Å². The molecule has 0 aliphatic carbocycles. The van der Waals surface area contributed by atoms with Crippen LogP contribution in [0.4, 0.5) is 5.69 Å². The second kappa shape index (κ2) is 8.00. The minimum atomic E-state index is -0.708. The highest BCUT2D eigenvalue weighted by atomic mass is 16.5. The average molecular weight is 379 g/mol. The number of carbonyl (C=O) groups excluding carboxylic acids is 1. The summed E-state index contributed by atoms with van der Waals surface area (Å²) in [5.74, 6) is 0.508. The van der Waals surface area contributed by atoms with Crippen molar-refractivity contribution < 1.29 is 18.7 Å². The molecule has 0 spiro atoms. The Kier molecular flexibility index (Phi) is 5.49. The number of hydrogen-bond donors (Lipinski definition) is 0. The van der Waals surface area contributed by atoms with Gasteiger partial charge >= 0.3 is 5.63 Å². The highest BCUT2D eigenvalue weighted by Crippen LogP contribution is 2.31. The number of carbonyl (C=O) groups is 1. The van der Waals surface area contributed by atoms with Crippen molar-refractivity contribution in [3.63, 3.8) is 0 Å². The molecule has 0 unspecified atom stereocenters. The Labute approximate surface area is 162 Å². The maximum absolute atomic E-state index is 12.6. The molecule has 0 aliphatic rings. The number of allylic oxidation sites excluding steroid dienone is 1. The minimum absolute atomic E-state index is 0.0582. The first-order chi connectivity index (χ1) is 13.4. The molecule has 6 nitrogen and oxygen atoms in total. The lowest BCUT2D eigenvalue weighted by Crippen LogP contribution is -2.12. The largest absolute Gasteiger partial charge is 0.496 e. The molecule has 144 valence electrons. The first-order valence-electron chi connectivity index (χ1n) is 8.62. The summed E-state index contributed by atoms with van der Waals surface area (Å²) in [6.07, 6.45) is 3.02. The van der Waals surface area contributed by atoms with Crippen LogP contribution in [-0.2, 0) is 0 Å². The van der Waals surface area contributed by atoms with Crippen LogP contribution in [0.15, 0.2) is 57.8 Å². The SMILES string of the molecule is COc1cc(OC)c2cc(C(=O)C=Cc3ccc(N(C)C)cc3)c(=O)oc2c1. The van der Waals surface area contributed by atoms with Gasteiger partial charge in [-0.05, 0) is 29.8 Å². The fourth-order valence-electron chi connectivity index (χ4n) is 2.77. The molecule has 3 aromatic rings. The summed E-state index contributed by atoms with van der Waals surface area (Å²) in [7, 11) is 6.92. The molecule has 0 saturated heterocycles. The normalized spacial score (nSPS) is 11.0. The molecule has 0 fully saturated rings. The molecule has 1 aromatic heterocycles. The lowest BCUT2D eigenvalue weighted by atomic mass is 10.1. The third-order valence-electron chi connectivity index (χ3n) is 4.35. The molecule has 0 amide bonds. The van der Waals surface area contributed by atoms with Gasteiger partial charge in [0, 0.05) is 31.9 Å². The number of rotatable bonds is 6. The Morgan fingerprint density at radius 2 is 1.75 bits per heavy atom. The van der Waals surface area contributed by atoms with E-state index in [1.165, 1.54) is 26.4 Å². The molecule has 3 rings (SSSR count). The predicted molar refractivity (Wildman–Crippen MR) is 110 cm³/mol. The van der Waals surface area contributed by atoms with Crippen LogP contribution in [0, 0.1) is 0 Å². The molecule has 6 heteroatoms. The van der Waals surface area contributed by atoms with E-state index in [1.807, 2.05) is 43.3 Å². The van der Waals surface area contributed by atoms with Crippen LogP contribution in [0.5, 0.6) is 11.5 Å². The highest BCUT2D eigenvalue weighted by molar-refractivity contribution is 6.08. The molecule has 0 bridgehead atoms. The lowest BCUT2D eigenvalue weighted by molar-refractivity contribution is 0.104.